The predicted octanol–water partition coefficient (Wildman–Crippen LogP) is 3.12. The predicted molar refractivity (Wildman–Crippen MR) is 90.9 cm³/mol. The number of rotatable bonds is 2. The van der Waals surface area contributed by atoms with E-state index in [4.69, 9.17) is 0 Å². The number of aryl methyl sites for hydroxylation is 1. The fourth-order valence-electron chi connectivity index (χ4n) is 3.44. The van der Waals surface area contributed by atoms with Crippen LogP contribution in [0.1, 0.15) is 24.0 Å². The van der Waals surface area contributed by atoms with Gasteiger partial charge in [-0.25, -0.2) is 0 Å². The molecule has 1 aliphatic carbocycles. The van der Waals surface area contributed by atoms with E-state index >= 15 is 0 Å². The van der Waals surface area contributed by atoms with Crippen LogP contribution < -0.4 is 5.56 Å². The minimum Gasteiger partial charge on any atom is -0.283 e. The molecule has 0 N–H and O–H groups in total. The van der Waals surface area contributed by atoms with Crippen LogP contribution in [0.4, 0.5) is 0 Å². The van der Waals surface area contributed by atoms with Gasteiger partial charge in [-0.1, -0.05) is 18.2 Å². The van der Waals surface area contributed by atoms with Crippen molar-refractivity contribution in [1.82, 2.24) is 14.3 Å². The first-order chi connectivity index (χ1) is 11.2. The maximum atomic E-state index is 12.9. The Morgan fingerprint density at radius 1 is 1.00 bits per heavy atom. The van der Waals surface area contributed by atoms with E-state index in [1.54, 1.807) is 4.57 Å². The Kier molecular flexibility index (Phi) is 3.37. The van der Waals surface area contributed by atoms with Crippen LogP contribution in [0.5, 0.6) is 0 Å². The summed E-state index contributed by atoms with van der Waals surface area (Å²) in [6.45, 7) is 0. The molecular formula is C19H19N3O. The Balaban J connectivity index is 2.00. The average Bonchev–Trinajstić information content (AvgIpc) is 3.02. The zero-order chi connectivity index (χ0) is 15.8. The fraction of sp³-hybridized carbons (Fsp3) is 0.263. The van der Waals surface area contributed by atoms with Gasteiger partial charge in [0, 0.05) is 41.8 Å². The van der Waals surface area contributed by atoms with Crippen LogP contribution in [0, 0.1) is 0 Å². The van der Waals surface area contributed by atoms with Crippen molar-refractivity contribution in [1.29, 1.82) is 0 Å². The minimum absolute atomic E-state index is 0.124. The lowest BCUT2D eigenvalue weighted by atomic mass is 9.88. The van der Waals surface area contributed by atoms with Gasteiger partial charge in [0.1, 0.15) is 0 Å². The van der Waals surface area contributed by atoms with Gasteiger partial charge in [0.2, 0.25) is 0 Å². The molecule has 2 aromatic heterocycles. The largest absolute Gasteiger partial charge is 0.283 e. The van der Waals surface area contributed by atoms with Crippen LogP contribution >= 0.6 is 0 Å². The van der Waals surface area contributed by atoms with Crippen molar-refractivity contribution < 1.29 is 0 Å². The molecule has 0 fully saturated rings. The lowest BCUT2D eigenvalue weighted by molar-refractivity contribution is 0.672. The van der Waals surface area contributed by atoms with Crippen LogP contribution in [0.15, 0.2) is 53.7 Å². The highest BCUT2D eigenvalue weighted by atomic mass is 16.1. The number of para-hydroxylation sites is 1. The summed E-state index contributed by atoms with van der Waals surface area (Å²) < 4.78 is 3.59. The third kappa shape index (κ3) is 2.40. The summed E-state index contributed by atoms with van der Waals surface area (Å²) >= 11 is 0. The molecule has 4 rings (SSSR count). The van der Waals surface area contributed by atoms with Crippen molar-refractivity contribution in [3.05, 3.63) is 70.4 Å². The molecule has 0 amide bonds. The van der Waals surface area contributed by atoms with Crippen molar-refractivity contribution in [3.63, 3.8) is 0 Å². The molecule has 2 heterocycles. The molecular weight excluding hydrogens is 286 g/mol. The van der Waals surface area contributed by atoms with E-state index in [2.05, 4.69) is 5.10 Å². The molecule has 4 nitrogen and oxygen atoms in total. The topological polar surface area (TPSA) is 39.8 Å². The van der Waals surface area contributed by atoms with E-state index in [-0.39, 0.29) is 5.56 Å². The zero-order valence-electron chi connectivity index (χ0n) is 13.2. The third-order valence-corrected chi connectivity index (χ3v) is 4.58. The quantitative estimate of drug-likeness (QED) is 0.730. The van der Waals surface area contributed by atoms with E-state index in [0.717, 1.165) is 48.1 Å². The maximum Gasteiger partial charge on any atom is 0.258 e. The first-order valence-corrected chi connectivity index (χ1v) is 8.06. The second-order valence-corrected chi connectivity index (χ2v) is 6.12. The summed E-state index contributed by atoms with van der Waals surface area (Å²) in [6.07, 6.45) is 9.97. The van der Waals surface area contributed by atoms with E-state index in [9.17, 15) is 4.79 Å². The van der Waals surface area contributed by atoms with E-state index in [1.807, 2.05) is 60.7 Å². The molecule has 0 atom stereocenters. The zero-order valence-corrected chi connectivity index (χ0v) is 13.2. The maximum absolute atomic E-state index is 12.9. The van der Waals surface area contributed by atoms with Crippen LogP contribution in [0.3, 0.4) is 0 Å². The van der Waals surface area contributed by atoms with Gasteiger partial charge in [0.25, 0.3) is 5.56 Å². The Labute approximate surface area is 135 Å². The second-order valence-electron chi connectivity index (χ2n) is 6.12. The standard InChI is InChI=1S/C19H19N3O/c1-21-12-14(11-20-21)18-13-22(15-7-3-2-4-8-15)19(23)17-10-6-5-9-16(17)18/h2-4,7-8,11-13H,5-6,9-10H2,1H3. The van der Waals surface area contributed by atoms with Crippen LogP contribution in [0.25, 0.3) is 16.8 Å². The molecule has 116 valence electrons. The normalized spacial score (nSPS) is 13.8. The van der Waals surface area contributed by atoms with Gasteiger partial charge in [-0.3, -0.25) is 14.0 Å². The van der Waals surface area contributed by atoms with Gasteiger partial charge >= 0.3 is 0 Å². The third-order valence-electron chi connectivity index (χ3n) is 4.58. The number of fused-ring (bicyclic) bond motifs is 1. The summed E-state index contributed by atoms with van der Waals surface area (Å²) in [6, 6.07) is 9.85. The molecule has 1 aromatic carbocycles. The Morgan fingerprint density at radius 2 is 1.74 bits per heavy atom. The SMILES string of the molecule is Cn1cc(-c2cn(-c3ccccc3)c(=O)c3c2CCCC3)cn1. The molecule has 3 aromatic rings. The summed E-state index contributed by atoms with van der Waals surface area (Å²) in [5.41, 5.74) is 5.43. The van der Waals surface area contributed by atoms with E-state index < -0.39 is 0 Å². The molecule has 0 bridgehead atoms. The van der Waals surface area contributed by atoms with Crippen molar-refractivity contribution in [2.75, 3.05) is 0 Å². The lowest BCUT2D eigenvalue weighted by Gasteiger charge is -2.21. The Bertz CT molecular complexity index is 906. The van der Waals surface area contributed by atoms with Gasteiger partial charge < -0.3 is 0 Å². The monoisotopic (exact) mass is 305 g/mol. The average molecular weight is 305 g/mol. The summed E-state index contributed by atoms with van der Waals surface area (Å²) in [4.78, 5) is 12.9. The Hall–Kier alpha value is -2.62. The van der Waals surface area contributed by atoms with Crippen molar-refractivity contribution >= 4 is 0 Å². The van der Waals surface area contributed by atoms with Crippen LogP contribution in [-0.2, 0) is 19.9 Å². The van der Waals surface area contributed by atoms with Crippen molar-refractivity contribution in [2.45, 2.75) is 25.7 Å². The van der Waals surface area contributed by atoms with Crippen LogP contribution in [-0.4, -0.2) is 14.3 Å². The smallest absolute Gasteiger partial charge is 0.258 e. The molecule has 0 radical (unpaired) electrons. The molecule has 0 spiro atoms. The highest BCUT2D eigenvalue weighted by molar-refractivity contribution is 5.67. The molecule has 0 aliphatic heterocycles. The summed E-state index contributed by atoms with van der Waals surface area (Å²) in [5.74, 6) is 0. The minimum atomic E-state index is 0.124. The Morgan fingerprint density at radius 3 is 2.43 bits per heavy atom. The first-order valence-electron chi connectivity index (χ1n) is 8.06. The highest BCUT2D eigenvalue weighted by Crippen LogP contribution is 2.30. The molecule has 0 saturated carbocycles. The van der Waals surface area contributed by atoms with E-state index in [0.29, 0.717) is 0 Å². The number of pyridine rings is 1. The van der Waals surface area contributed by atoms with Gasteiger partial charge in [-0.2, -0.15) is 5.10 Å². The lowest BCUT2D eigenvalue weighted by Crippen LogP contribution is -2.26. The number of benzene rings is 1. The van der Waals surface area contributed by atoms with E-state index in [1.165, 1.54) is 5.56 Å². The fourth-order valence-corrected chi connectivity index (χ4v) is 3.44. The summed E-state index contributed by atoms with van der Waals surface area (Å²) in [5, 5.41) is 4.30. The van der Waals surface area contributed by atoms with Gasteiger partial charge in [0.15, 0.2) is 0 Å². The van der Waals surface area contributed by atoms with Gasteiger partial charge in [-0.05, 0) is 43.4 Å². The van der Waals surface area contributed by atoms with Crippen molar-refractivity contribution in [3.8, 4) is 16.8 Å². The highest BCUT2D eigenvalue weighted by Gasteiger charge is 2.20. The summed E-state index contributed by atoms with van der Waals surface area (Å²) in [7, 11) is 1.92. The molecule has 4 heteroatoms. The molecule has 0 unspecified atom stereocenters. The van der Waals surface area contributed by atoms with Gasteiger partial charge in [-0.15, -0.1) is 0 Å². The molecule has 23 heavy (non-hydrogen) atoms. The number of hydrogen-bond donors (Lipinski definition) is 0. The number of hydrogen-bond acceptors (Lipinski definition) is 2. The molecule has 1 aliphatic rings. The number of aromatic nitrogens is 3. The number of nitrogens with zero attached hydrogens (tertiary/aromatic N) is 3. The molecule has 0 saturated heterocycles. The second kappa shape index (κ2) is 5.54. The first kappa shape index (κ1) is 14.0. The van der Waals surface area contributed by atoms with Gasteiger partial charge in [0.05, 0.1) is 6.20 Å². The van der Waals surface area contributed by atoms with Crippen LogP contribution in [0.2, 0.25) is 0 Å². The van der Waals surface area contributed by atoms with Crippen molar-refractivity contribution in [2.24, 2.45) is 7.05 Å².